The summed E-state index contributed by atoms with van der Waals surface area (Å²) >= 11 is 5.77. The number of hydrogen-bond acceptors (Lipinski definition) is 2. The molecule has 5 heteroatoms. The Morgan fingerprint density at radius 2 is 2.05 bits per heavy atom. The summed E-state index contributed by atoms with van der Waals surface area (Å²) < 4.78 is 15.8. The minimum Gasteiger partial charge on any atom is -0.377 e. The topological polar surface area (TPSA) is 29.9 Å². The Labute approximate surface area is 129 Å². The molecule has 0 radical (unpaired) electrons. The highest BCUT2D eigenvalue weighted by Gasteiger charge is 2.16. The van der Waals surface area contributed by atoms with E-state index < -0.39 is 5.82 Å². The fourth-order valence-corrected chi connectivity index (χ4v) is 3.02. The molecule has 2 aromatic rings. The fourth-order valence-electron chi connectivity index (χ4n) is 2.85. The van der Waals surface area contributed by atoms with Crippen LogP contribution < -0.4 is 5.32 Å². The van der Waals surface area contributed by atoms with Crippen molar-refractivity contribution >= 4 is 17.3 Å². The number of rotatable bonds is 4. The summed E-state index contributed by atoms with van der Waals surface area (Å²) in [5.74, 6) is -0.411. The molecule has 3 nitrogen and oxygen atoms in total. The van der Waals surface area contributed by atoms with E-state index >= 15 is 0 Å². The van der Waals surface area contributed by atoms with Crippen molar-refractivity contribution in [2.24, 2.45) is 0 Å². The zero-order valence-corrected chi connectivity index (χ0v) is 12.6. The van der Waals surface area contributed by atoms with E-state index in [9.17, 15) is 4.39 Å². The Morgan fingerprint density at radius 1 is 1.24 bits per heavy atom. The van der Waals surface area contributed by atoms with Crippen LogP contribution in [0.2, 0.25) is 5.02 Å². The molecule has 112 valence electrons. The predicted octanol–water partition coefficient (Wildman–Crippen LogP) is 4.79. The number of nitrogens with zero attached hydrogens (tertiary/aromatic N) is 2. The van der Waals surface area contributed by atoms with Gasteiger partial charge in [-0.25, -0.2) is 4.39 Å². The molecule has 0 unspecified atom stereocenters. The van der Waals surface area contributed by atoms with Crippen LogP contribution in [0.3, 0.4) is 0 Å². The van der Waals surface area contributed by atoms with E-state index in [1.165, 1.54) is 32.1 Å². The molecule has 1 aliphatic carbocycles. The number of nitrogens with one attached hydrogen (secondary N) is 1. The molecule has 0 aliphatic heterocycles. The van der Waals surface area contributed by atoms with Crippen LogP contribution in [0.4, 0.5) is 10.1 Å². The molecule has 1 fully saturated rings. The van der Waals surface area contributed by atoms with Gasteiger partial charge in [0.1, 0.15) is 0 Å². The zero-order chi connectivity index (χ0) is 14.7. The number of halogens is 2. The Hall–Kier alpha value is -1.55. The van der Waals surface area contributed by atoms with Crippen molar-refractivity contribution in [3.05, 3.63) is 47.0 Å². The Balaban J connectivity index is 1.63. The first-order valence-electron chi connectivity index (χ1n) is 7.46. The van der Waals surface area contributed by atoms with E-state index in [0.29, 0.717) is 18.3 Å². The molecule has 1 saturated carbocycles. The second kappa shape index (κ2) is 6.48. The lowest BCUT2D eigenvalue weighted by molar-refractivity contribution is 0.328. The second-order valence-corrected chi connectivity index (χ2v) is 5.94. The smallest absolute Gasteiger partial charge is 0.164 e. The molecule has 0 spiro atoms. The largest absolute Gasteiger partial charge is 0.377 e. The highest BCUT2D eigenvalue weighted by atomic mass is 35.5. The van der Waals surface area contributed by atoms with Gasteiger partial charge in [-0.05, 0) is 31.0 Å². The van der Waals surface area contributed by atoms with Crippen molar-refractivity contribution in [3.8, 4) is 0 Å². The molecule has 0 bridgehead atoms. The van der Waals surface area contributed by atoms with E-state index in [-0.39, 0.29) is 5.02 Å². The molecule has 0 amide bonds. The maximum atomic E-state index is 13.8. The van der Waals surface area contributed by atoms with E-state index in [1.807, 2.05) is 12.3 Å². The van der Waals surface area contributed by atoms with Crippen molar-refractivity contribution in [1.29, 1.82) is 0 Å². The summed E-state index contributed by atoms with van der Waals surface area (Å²) in [5.41, 5.74) is 1.33. The SMILES string of the molecule is Fc1c(Cl)cccc1NCc1ccn(C2CCCCC2)n1. The minimum absolute atomic E-state index is 0.132. The normalized spacial score (nSPS) is 16.1. The first-order chi connectivity index (χ1) is 10.2. The van der Waals surface area contributed by atoms with Gasteiger partial charge in [0.05, 0.1) is 29.0 Å². The Bertz CT molecular complexity index is 605. The quantitative estimate of drug-likeness (QED) is 0.880. The zero-order valence-electron chi connectivity index (χ0n) is 11.9. The van der Waals surface area contributed by atoms with Gasteiger partial charge in [-0.1, -0.05) is 36.9 Å². The second-order valence-electron chi connectivity index (χ2n) is 5.53. The van der Waals surface area contributed by atoms with Crippen LogP contribution in [0.15, 0.2) is 30.5 Å². The van der Waals surface area contributed by atoms with Crippen molar-refractivity contribution in [1.82, 2.24) is 9.78 Å². The van der Waals surface area contributed by atoms with Crippen LogP contribution in [-0.4, -0.2) is 9.78 Å². The van der Waals surface area contributed by atoms with Gasteiger partial charge >= 0.3 is 0 Å². The molecule has 0 atom stereocenters. The maximum Gasteiger partial charge on any atom is 0.164 e. The molecule has 1 N–H and O–H groups in total. The van der Waals surface area contributed by atoms with Crippen LogP contribution in [0, 0.1) is 5.82 Å². The van der Waals surface area contributed by atoms with Crippen LogP contribution in [0.1, 0.15) is 43.8 Å². The van der Waals surface area contributed by atoms with Gasteiger partial charge in [0.2, 0.25) is 0 Å². The van der Waals surface area contributed by atoms with Gasteiger partial charge in [0.15, 0.2) is 5.82 Å². The third-order valence-corrected chi connectivity index (χ3v) is 4.32. The average Bonchev–Trinajstić information content (AvgIpc) is 2.99. The molecule has 21 heavy (non-hydrogen) atoms. The van der Waals surface area contributed by atoms with E-state index in [4.69, 9.17) is 11.6 Å². The lowest BCUT2D eigenvalue weighted by Gasteiger charge is -2.21. The van der Waals surface area contributed by atoms with Crippen molar-refractivity contribution in [2.45, 2.75) is 44.7 Å². The Kier molecular flexibility index (Phi) is 4.44. The van der Waals surface area contributed by atoms with Crippen LogP contribution in [-0.2, 0) is 6.54 Å². The first-order valence-corrected chi connectivity index (χ1v) is 7.84. The average molecular weight is 308 g/mol. The lowest BCUT2D eigenvalue weighted by atomic mass is 9.96. The highest BCUT2D eigenvalue weighted by molar-refractivity contribution is 6.31. The van der Waals surface area contributed by atoms with Crippen molar-refractivity contribution < 1.29 is 4.39 Å². The highest BCUT2D eigenvalue weighted by Crippen LogP contribution is 2.27. The van der Waals surface area contributed by atoms with Gasteiger partial charge in [0, 0.05) is 6.20 Å². The van der Waals surface area contributed by atoms with Crippen molar-refractivity contribution in [2.75, 3.05) is 5.32 Å². The third-order valence-electron chi connectivity index (χ3n) is 4.02. The maximum absolute atomic E-state index is 13.8. The lowest BCUT2D eigenvalue weighted by Crippen LogP contribution is -2.14. The molecular weight excluding hydrogens is 289 g/mol. The summed E-state index contributed by atoms with van der Waals surface area (Å²) in [7, 11) is 0. The molecule has 0 saturated heterocycles. The van der Waals surface area contributed by atoms with Crippen LogP contribution in [0.25, 0.3) is 0 Å². The summed E-state index contributed by atoms with van der Waals surface area (Å²) in [4.78, 5) is 0. The minimum atomic E-state index is -0.411. The fraction of sp³-hybridized carbons (Fsp3) is 0.438. The molecule has 1 aromatic heterocycles. The molecule has 1 heterocycles. The van der Waals surface area contributed by atoms with Gasteiger partial charge in [-0.2, -0.15) is 5.10 Å². The number of anilines is 1. The summed E-state index contributed by atoms with van der Waals surface area (Å²) in [6, 6.07) is 7.47. The third kappa shape index (κ3) is 3.38. The van der Waals surface area contributed by atoms with E-state index in [2.05, 4.69) is 15.1 Å². The summed E-state index contributed by atoms with van der Waals surface area (Å²) in [5, 5.41) is 7.78. The summed E-state index contributed by atoms with van der Waals surface area (Å²) in [6.07, 6.45) is 8.34. The van der Waals surface area contributed by atoms with E-state index in [0.717, 1.165) is 5.69 Å². The monoisotopic (exact) mass is 307 g/mol. The summed E-state index contributed by atoms with van der Waals surface area (Å²) in [6.45, 7) is 0.497. The van der Waals surface area contributed by atoms with Crippen LogP contribution in [0.5, 0.6) is 0 Å². The first kappa shape index (κ1) is 14.4. The number of benzene rings is 1. The van der Waals surface area contributed by atoms with Gasteiger partial charge in [0.25, 0.3) is 0 Å². The molecule has 1 aliphatic rings. The predicted molar refractivity (Wildman–Crippen MR) is 83.1 cm³/mol. The van der Waals surface area contributed by atoms with Gasteiger partial charge < -0.3 is 5.32 Å². The van der Waals surface area contributed by atoms with Crippen LogP contribution >= 0.6 is 11.6 Å². The van der Waals surface area contributed by atoms with Gasteiger partial charge in [-0.15, -0.1) is 0 Å². The standard InChI is InChI=1S/C16H19ClFN3/c17-14-7-4-8-15(16(14)18)19-11-12-9-10-21(20-12)13-5-2-1-3-6-13/h4,7-10,13,19H,1-3,5-6,11H2. The Morgan fingerprint density at radius 3 is 2.86 bits per heavy atom. The molecule has 3 rings (SSSR count). The number of hydrogen-bond donors (Lipinski definition) is 1. The van der Waals surface area contributed by atoms with E-state index in [1.54, 1.807) is 18.2 Å². The molecular formula is C16H19ClFN3. The number of aromatic nitrogens is 2. The van der Waals surface area contributed by atoms with Gasteiger partial charge in [-0.3, -0.25) is 4.68 Å². The molecule has 1 aromatic carbocycles. The van der Waals surface area contributed by atoms with Crippen molar-refractivity contribution in [3.63, 3.8) is 0 Å².